The van der Waals surface area contributed by atoms with Gasteiger partial charge in [-0.25, -0.2) is 0 Å². The van der Waals surface area contributed by atoms with Crippen LogP contribution in [0.1, 0.15) is 25.3 Å². The van der Waals surface area contributed by atoms with Crippen molar-refractivity contribution in [3.63, 3.8) is 0 Å². The zero-order valence-corrected chi connectivity index (χ0v) is 11.7. The number of likely N-dealkylation sites (tertiary alicyclic amines) is 1. The topological polar surface area (TPSA) is 41.6 Å². The molecule has 1 aromatic carbocycles. The van der Waals surface area contributed by atoms with Gasteiger partial charge in [-0.15, -0.1) is 0 Å². The normalized spacial score (nSPS) is 16.4. The lowest BCUT2D eigenvalue weighted by Gasteiger charge is -2.32. The highest BCUT2D eigenvalue weighted by Gasteiger charge is 2.20. The Morgan fingerprint density at radius 3 is 2.79 bits per heavy atom. The lowest BCUT2D eigenvalue weighted by Crippen LogP contribution is -2.41. The van der Waals surface area contributed by atoms with Gasteiger partial charge in [0.05, 0.1) is 6.61 Å². The average Bonchev–Trinajstić information content (AvgIpc) is 2.40. The van der Waals surface area contributed by atoms with Gasteiger partial charge in [-0.3, -0.25) is 4.79 Å². The molecule has 1 fully saturated rings. The number of methoxy groups -OCH3 is 1. The van der Waals surface area contributed by atoms with Crippen LogP contribution in [0, 0.1) is 0 Å². The molecule has 0 atom stereocenters. The third-order valence-corrected chi connectivity index (χ3v) is 3.55. The van der Waals surface area contributed by atoms with Crippen molar-refractivity contribution in [2.24, 2.45) is 0 Å². The van der Waals surface area contributed by atoms with E-state index in [-0.39, 0.29) is 5.91 Å². The Bertz CT molecular complexity index is 426. The summed E-state index contributed by atoms with van der Waals surface area (Å²) in [4.78, 5) is 13.2. The molecule has 1 saturated heterocycles. The minimum atomic E-state index is 0.181. The van der Waals surface area contributed by atoms with Crippen LogP contribution in [0.3, 0.4) is 0 Å². The second-order valence-corrected chi connectivity index (χ2v) is 5.06. The van der Waals surface area contributed by atoms with Crippen LogP contribution in [0.5, 0.6) is 0 Å². The van der Waals surface area contributed by atoms with E-state index in [9.17, 15) is 4.79 Å². The van der Waals surface area contributed by atoms with E-state index < -0.39 is 0 Å². The number of carbonyl (C=O) groups excluding carboxylic acids is 1. The van der Waals surface area contributed by atoms with E-state index in [0.29, 0.717) is 12.6 Å². The molecular formula is C15H22N2O2. The van der Waals surface area contributed by atoms with Crippen LogP contribution in [-0.2, 0) is 16.1 Å². The molecule has 0 bridgehead atoms. The van der Waals surface area contributed by atoms with Gasteiger partial charge < -0.3 is 15.0 Å². The molecule has 0 aliphatic carbocycles. The van der Waals surface area contributed by atoms with Crippen molar-refractivity contribution in [3.05, 3.63) is 29.8 Å². The fourth-order valence-corrected chi connectivity index (χ4v) is 2.49. The largest absolute Gasteiger partial charge is 0.382 e. The number of nitrogens with one attached hydrogen (secondary N) is 1. The molecule has 104 valence electrons. The first-order chi connectivity index (χ1) is 9.19. The lowest BCUT2D eigenvalue weighted by molar-refractivity contribution is -0.129. The van der Waals surface area contributed by atoms with Gasteiger partial charge in [0.15, 0.2) is 0 Å². The van der Waals surface area contributed by atoms with Gasteiger partial charge in [0.25, 0.3) is 0 Å². The van der Waals surface area contributed by atoms with E-state index in [1.54, 1.807) is 14.0 Å². The maximum absolute atomic E-state index is 11.3. The number of hydrogen-bond donors (Lipinski definition) is 1. The third-order valence-electron chi connectivity index (χ3n) is 3.55. The predicted octanol–water partition coefficient (Wildman–Crippen LogP) is 2.26. The van der Waals surface area contributed by atoms with E-state index in [1.807, 2.05) is 11.0 Å². The van der Waals surface area contributed by atoms with Gasteiger partial charge in [0.1, 0.15) is 0 Å². The third kappa shape index (κ3) is 3.96. The standard InChI is InChI=1S/C15H22N2O2/c1-12(18)17-8-6-14(7-9-17)16-15-5-3-4-13(10-15)11-19-2/h3-5,10,14,16H,6-9,11H2,1-2H3. The van der Waals surface area contributed by atoms with Crippen LogP contribution in [0.4, 0.5) is 5.69 Å². The summed E-state index contributed by atoms with van der Waals surface area (Å²) in [6.07, 6.45) is 2.02. The summed E-state index contributed by atoms with van der Waals surface area (Å²) in [5.74, 6) is 0.181. The Balaban J connectivity index is 1.88. The molecule has 4 nitrogen and oxygen atoms in total. The van der Waals surface area contributed by atoms with Crippen LogP contribution in [-0.4, -0.2) is 37.0 Å². The van der Waals surface area contributed by atoms with Gasteiger partial charge in [-0.2, -0.15) is 0 Å². The highest BCUT2D eigenvalue weighted by atomic mass is 16.5. The number of piperidine rings is 1. The van der Waals surface area contributed by atoms with E-state index >= 15 is 0 Å². The molecule has 1 amide bonds. The summed E-state index contributed by atoms with van der Waals surface area (Å²) in [7, 11) is 1.71. The minimum Gasteiger partial charge on any atom is -0.382 e. The van der Waals surface area contributed by atoms with Crippen LogP contribution in [0.15, 0.2) is 24.3 Å². The van der Waals surface area contributed by atoms with Crippen molar-refractivity contribution in [1.82, 2.24) is 4.90 Å². The van der Waals surface area contributed by atoms with Gasteiger partial charge >= 0.3 is 0 Å². The lowest BCUT2D eigenvalue weighted by atomic mass is 10.0. The highest BCUT2D eigenvalue weighted by Crippen LogP contribution is 2.18. The Morgan fingerprint density at radius 1 is 1.42 bits per heavy atom. The quantitative estimate of drug-likeness (QED) is 0.905. The summed E-state index contributed by atoms with van der Waals surface area (Å²) in [5, 5.41) is 3.55. The number of hydrogen-bond acceptors (Lipinski definition) is 3. The Kier molecular flexibility index (Phi) is 4.80. The minimum absolute atomic E-state index is 0.181. The fraction of sp³-hybridized carbons (Fsp3) is 0.533. The van der Waals surface area contributed by atoms with Gasteiger partial charge in [-0.1, -0.05) is 12.1 Å². The van der Waals surface area contributed by atoms with Crippen LogP contribution in [0.2, 0.25) is 0 Å². The molecule has 0 aromatic heterocycles. The van der Waals surface area contributed by atoms with Crippen molar-refractivity contribution in [2.45, 2.75) is 32.4 Å². The van der Waals surface area contributed by atoms with Crippen molar-refractivity contribution in [2.75, 3.05) is 25.5 Å². The molecule has 4 heteroatoms. The first-order valence-corrected chi connectivity index (χ1v) is 6.79. The van der Waals surface area contributed by atoms with E-state index in [1.165, 1.54) is 5.56 Å². The smallest absolute Gasteiger partial charge is 0.219 e. The van der Waals surface area contributed by atoms with Crippen molar-refractivity contribution < 1.29 is 9.53 Å². The van der Waals surface area contributed by atoms with E-state index in [0.717, 1.165) is 31.6 Å². The molecule has 1 N–H and O–H groups in total. The number of nitrogens with zero attached hydrogens (tertiary/aromatic N) is 1. The first kappa shape index (κ1) is 13.9. The van der Waals surface area contributed by atoms with Crippen molar-refractivity contribution in [3.8, 4) is 0 Å². The molecule has 19 heavy (non-hydrogen) atoms. The van der Waals surface area contributed by atoms with Gasteiger partial charge in [-0.05, 0) is 30.5 Å². The summed E-state index contributed by atoms with van der Waals surface area (Å²) >= 11 is 0. The molecule has 0 radical (unpaired) electrons. The molecule has 1 aromatic rings. The Morgan fingerprint density at radius 2 is 2.16 bits per heavy atom. The summed E-state index contributed by atoms with van der Waals surface area (Å²) < 4.78 is 5.14. The second kappa shape index (κ2) is 6.57. The van der Waals surface area contributed by atoms with Crippen LogP contribution >= 0.6 is 0 Å². The van der Waals surface area contributed by atoms with Crippen LogP contribution < -0.4 is 5.32 Å². The molecule has 0 unspecified atom stereocenters. The Labute approximate surface area is 114 Å². The van der Waals surface area contributed by atoms with Gasteiger partial charge in [0, 0.05) is 38.9 Å². The van der Waals surface area contributed by atoms with E-state index in [4.69, 9.17) is 4.74 Å². The Hall–Kier alpha value is -1.55. The summed E-state index contributed by atoms with van der Waals surface area (Å²) in [6, 6.07) is 8.76. The number of amides is 1. The molecule has 0 saturated carbocycles. The second-order valence-electron chi connectivity index (χ2n) is 5.06. The SMILES string of the molecule is COCc1cccc(NC2CCN(C(C)=O)CC2)c1. The first-order valence-electron chi connectivity index (χ1n) is 6.79. The highest BCUT2D eigenvalue weighted by molar-refractivity contribution is 5.73. The maximum Gasteiger partial charge on any atom is 0.219 e. The van der Waals surface area contributed by atoms with Crippen molar-refractivity contribution in [1.29, 1.82) is 0 Å². The predicted molar refractivity (Wildman–Crippen MR) is 76.1 cm³/mol. The number of rotatable bonds is 4. The molecular weight excluding hydrogens is 240 g/mol. The molecule has 2 rings (SSSR count). The molecule has 0 spiro atoms. The number of benzene rings is 1. The zero-order valence-electron chi connectivity index (χ0n) is 11.7. The van der Waals surface area contributed by atoms with Gasteiger partial charge in [0.2, 0.25) is 5.91 Å². The number of carbonyl (C=O) groups is 1. The van der Waals surface area contributed by atoms with Crippen molar-refractivity contribution >= 4 is 11.6 Å². The molecule has 1 heterocycles. The fourth-order valence-electron chi connectivity index (χ4n) is 2.49. The van der Waals surface area contributed by atoms with E-state index in [2.05, 4.69) is 23.5 Å². The number of ether oxygens (including phenoxy) is 1. The monoisotopic (exact) mass is 262 g/mol. The molecule has 1 aliphatic heterocycles. The zero-order chi connectivity index (χ0) is 13.7. The average molecular weight is 262 g/mol. The molecule has 1 aliphatic rings. The number of anilines is 1. The van der Waals surface area contributed by atoms with Crippen LogP contribution in [0.25, 0.3) is 0 Å². The summed E-state index contributed by atoms with van der Waals surface area (Å²) in [5.41, 5.74) is 2.31. The maximum atomic E-state index is 11.3. The summed E-state index contributed by atoms with van der Waals surface area (Å²) in [6.45, 7) is 3.98.